The molecule has 0 atom stereocenters. The molecule has 1 aliphatic carbocycles. The lowest BCUT2D eigenvalue weighted by Gasteiger charge is -2.27. The van der Waals surface area contributed by atoms with E-state index in [9.17, 15) is 8.78 Å². The average Bonchev–Trinajstić information content (AvgIpc) is 3.57. The third kappa shape index (κ3) is 4.66. The highest BCUT2D eigenvalue weighted by atomic mass is 19.1. The monoisotopic (exact) mass is 490 g/mol. The van der Waals surface area contributed by atoms with E-state index in [4.69, 9.17) is 0 Å². The van der Waals surface area contributed by atoms with Crippen LogP contribution in [-0.2, 0) is 6.54 Å². The average molecular weight is 491 g/mol. The van der Waals surface area contributed by atoms with E-state index in [0.29, 0.717) is 22.7 Å². The Morgan fingerprint density at radius 2 is 1.83 bits per heavy atom. The Morgan fingerprint density at radius 3 is 2.61 bits per heavy atom. The molecule has 3 aromatic heterocycles. The minimum Gasteiger partial charge on any atom is -0.314 e. The number of aromatic nitrogens is 5. The van der Waals surface area contributed by atoms with Crippen LogP contribution in [0.15, 0.2) is 36.7 Å². The maximum atomic E-state index is 14.9. The van der Waals surface area contributed by atoms with Crippen molar-refractivity contribution in [3.8, 4) is 11.3 Å². The van der Waals surface area contributed by atoms with Gasteiger partial charge < -0.3 is 10.6 Å². The second kappa shape index (κ2) is 9.87. The standard InChI is InChI=1S/C26H28F2N8/c27-20-12-18(11-19-23(34-35-25(19)20)17-3-1-2-4-17)24-21(28)14-31-26(33-24)32-22-6-5-16(13-30-22)15-36-9-7-29-8-10-36/h5-6,11-14,17,29H,1-4,7-10,15H2,(H,34,35)(H,30,31,32,33). The normalized spacial score (nSPS) is 17.2. The van der Waals surface area contributed by atoms with E-state index in [1.807, 2.05) is 18.3 Å². The summed E-state index contributed by atoms with van der Waals surface area (Å²) in [6, 6.07) is 6.91. The zero-order valence-corrected chi connectivity index (χ0v) is 19.9. The van der Waals surface area contributed by atoms with Crippen molar-refractivity contribution in [1.82, 2.24) is 35.4 Å². The van der Waals surface area contributed by atoms with Gasteiger partial charge in [-0.05, 0) is 36.6 Å². The molecule has 3 N–H and O–H groups in total. The highest BCUT2D eigenvalue weighted by molar-refractivity contribution is 5.87. The molecular weight excluding hydrogens is 462 g/mol. The minimum atomic E-state index is -0.621. The predicted octanol–water partition coefficient (Wildman–Crippen LogP) is 4.50. The zero-order chi connectivity index (χ0) is 24.5. The first kappa shape index (κ1) is 22.9. The lowest BCUT2D eigenvalue weighted by Crippen LogP contribution is -2.42. The number of hydrogen-bond acceptors (Lipinski definition) is 7. The smallest absolute Gasteiger partial charge is 0.229 e. The summed E-state index contributed by atoms with van der Waals surface area (Å²) in [5.74, 6) is -0.0615. The summed E-state index contributed by atoms with van der Waals surface area (Å²) in [5, 5.41) is 14.3. The molecule has 6 rings (SSSR count). The number of halogens is 2. The molecule has 1 aromatic carbocycles. The van der Waals surface area contributed by atoms with E-state index in [2.05, 4.69) is 40.7 Å². The maximum absolute atomic E-state index is 14.9. The molecule has 0 unspecified atom stereocenters. The summed E-state index contributed by atoms with van der Waals surface area (Å²) >= 11 is 0. The van der Waals surface area contributed by atoms with Crippen LogP contribution in [-0.4, -0.2) is 56.2 Å². The van der Waals surface area contributed by atoms with Crippen molar-refractivity contribution in [3.63, 3.8) is 0 Å². The molecule has 4 aromatic rings. The van der Waals surface area contributed by atoms with Crippen LogP contribution in [0.3, 0.4) is 0 Å². The number of hydrogen-bond donors (Lipinski definition) is 3. The van der Waals surface area contributed by atoms with Gasteiger partial charge in [-0.15, -0.1) is 0 Å². The van der Waals surface area contributed by atoms with Gasteiger partial charge in [0, 0.05) is 61.5 Å². The minimum absolute atomic E-state index is 0.0298. The van der Waals surface area contributed by atoms with Gasteiger partial charge in [0.15, 0.2) is 11.6 Å². The highest BCUT2D eigenvalue weighted by Gasteiger charge is 2.23. The second-order valence-electron chi connectivity index (χ2n) is 9.57. The Hall–Kier alpha value is -3.50. The summed E-state index contributed by atoms with van der Waals surface area (Å²) in [5.41, 5.74) is 2.69. The summed E-state index contributed by atoms with van der Waals surface area (Å²) in [4.78, 5) is 15.3. The molecule has 186 valence electrons. The van der Waals surface area contributed by atoms with Crippen molar-refractivity contribution in [3.05, 3.63) is 59.6 Å². The number of nitrogens with one attached hydrogen (secondary N) is 3. The molecule has 8 nitrogen and oxygen atoms in total. The van der Waals surface area contributed by atoms with E-state index < -0.39 is 11.6 Å². The quantitative estimate of drug-likeness (QED) is 0.366. The van der Waals surface area contributed by atoms with E-state index in [-0.39, 0.29) is 17.2 Å². The lowest BCUT2D eigenvalue weighted by molar-refractivity contribution is 0.233. The molecule has 0 amide bonds. The number of anilines is 2. The molecule has 1 saturated carbocycles. The first-order valence-corrected chi connectivity index (χ1v) is 12.5. The van der Waals surface area contributed by atoms with E-state index in [1.165, 1.54) is 6.07 Å². The number of aromatic amines is 1. The van der Waals surface area contributed by atoms with Crippen LogP contribution in [0, 0.1) is 11.6 Å². The fourth-order valence-corrected chi connectivity index (χ4v) is 5.22. The summed E-state index contributed by atoms with van der Waals surface area (Å²) in [7, 11) is 0. The van der Waals surface area contributed by atoms with Gasteiger partial charge in [-0.1, -0.05) is 18.9 Å². The number of fused-ring (bicyclic) bond motifs is 1. The Labute approximate surface area is 207 Å². The van der Waals surface area contributed by atoms with Crippen LogP contribution in [0.1, 0.15) is 42.9 Å². The van der Waals surface area contributed by atoms with Gasteiger partial charge in [-0.3, -0.25) is 10.00 Å². The molecule has 4 heterocycles. The lowest BCUT2D eigenvalue weighted by atomic mass is 9.98. The van der Waals surface area contributed by atoms with E-state index in [1.54, 1.807) is 6.07 Å². The SMILES string of the molecule is Fc1cnc(Nc2ccc(CN3CCNCC3)cn2)nc1-c1cc(F)c2n[nH]c(C3CCCC3)c2c1. The number of nitrogens with zero attached hydrogens (tertiary/aromatic N) is 5. The number of pyridine rings is 1. The number of rotatable bonds is 6. The van der Waals surface area contributed by atoms with E-state index >= 15 is 0 Å². The number of H-pyrrole nitrogens is 1. The van der Waals surface area contributed by atoms with Crippen molar-refractivity contribution < 1.29 is 8.78 Å². The van der Waals surface area contributed by atoms with Gasteiger partial charge in [0.25, 0.3) is 0 Å². The van der Waals surface area contributed by atoms with Crippen LogP contribution < -0.4 is 10.6 Å². The fourth-order valence-electron chi connectivity index (χ4n) is 5.22. The zero-order valence-electron chi connectivity index (χ0n) is 19.9. The first-order chi connectivity index (χ1) is 17.6. The number of piperazine rings is 1. The molecule has 2 fully saturated rings. The van der Waals surface area contributed by atoms with Crippen LogP contribution in [0.2, 0.25) is 0 Å². The van der Waals surface area contributed by atoms with Gasteiger partial charge in [0.2, 0.25) is 5.95 Å². The molecule has 2 aliphatic rings. The first-order valence-electron chi connectivity index (χ1n) is 12.5. The van der Waals surface area contributed by atoms with Crippen molar-refractivity contribution in [2.45, 2.75) is 38.1 Å². The summed E-state index contributed by atoms with van der Waals surface area (Å²) < 4.78 is 29.7. The maximum Gasteiger partial charge on any atom is 0.229 e. The van der Waals surface area contributed by atoms with Gasteiger partial charge in [-0.25, -0.2) is 23.7 Å². The Balaban J connectivity index is 1.24. The Bertz CT molecular complexity index is 1360. The largest absolute Gasteiger partial charge is 0.314 e. The highest BCUT2D eigenvalue weighted by Crippen LogP contribution is 2.38. The summed E-state index contributed by atoms with van der Waals surface area (Å²) in [6.45, 7) is 4.86. The topological polar surface area (TPSA) is 94.7 Å². The molecule has 0 spiro atoms. The van der Waals surface area contributed by atoms with Crippen molar-refractivity contribution >= 4 is 22.7 Å². The Kier molecular flexibility index (Phi) is 6.28. The molecular formula is C26H28F2N8. The Morgan fingerprint density at radius 1 is 1.00 bits per heavy atom. The molecule has 10 heteroatoms. The van der Waals surface area contributed by atoms with Gasteiger partial charge in [-0.2, -0.15) is 5.10 Å². The third-order valence-electron chi connectivity index (χ3n) is 7.10. The van der Waals surface area contributed by atoms with E-state index in [0.717, 1.165) is 75.9 Å². The van der Waals surface area contributed by atoms with Crippen molar-refractivity contribution in [2.75, 3.05) is 31.5 Å². The predicted molar refractivity (Wildman–Crippen MR) is 134 cm³/mol. The van der Waals surface area contributed by atoms with Gasteiger partial charge >= 0.3 is 0 Å². The molecule has 1 aliphatic heterocycles. The fraction of sp³-hybridized carbons (Fsp3) is 0.385. The van der Waals surface area contributed by atoms with Crippen LogP contribution in [0.4, 0.5) is 20.5 Å². The third-order valence-corrected chi connectivity index (χ3v) is 7.10. The van der Waals surface area contributed by atoms with Crippen molar-refractivity contribution in [2.24, 2.45) is 0 Å². The van der Waals surface area contributed by atoms with Crippen LogP contribution in [0.5, 0.6) is 0 Å². The van der Waals surface area contributed by atoms with Crippen molar-refractivity contribution in [1.29, 1.82) is 0 Å². The number of benzene rings is 1. The van der Waals surface area contributed by atoms with Gasteiger partial charge in [0.1, 0.15) is 17.0 Å². The molecule has 1 saturated heterocycles. The molecule has 36 heavy (non-hydrogen) atoms. The summed E-state index contributed by atoms with van der Waals surface area (Å²) in [6.07, 6.45) is 7.29. The second-order valence-corrected chi connectivity index (χ2v) is 9.57. The molecule has 0 bridgehead atoms. The van der Waals surface area contributed by atoms with Gasteiger partial charge in [0.05, 0.1) is 6.20 Å². The van der Waals surface area contributed by atoms with Crippen LogP contribution in [0.25, 0.3) is 22.2 Å². The molecule has 0 radical (unpaired) electrons. The van der Waals surface area contributed by atoms with Crippen LogP contribution >= 0.6 is 0 Å².